The topological polar surface area (TPSA) is 56.4 Å². The van der Waals surface area contributed by atoms with E-state index in [9.17, 15) is 4.39 Å². The average molecular weight is 416 g/mol. The lowest BCUT2D eigenvalue weighted by atomic mass is 9.98. The van der Waals surface area contributed by atoms with E-state index in [-0.39, 0.29) is 11.9 Å². The van der Waals surface area contributed by atoms with E-state index < -0.39 is 5.82 Å². The van der Waals surface area contributed by atoms with Gasteiger partial charge in [0.15, 0.2) is 18.2 Å². The lowest BCUT2D eigenvalue weighted by Crippen LogP contribution is -2.25. The third-order valence-electron chi connectivity index (χ3n) is 5.47. The molecule has 0 aliphatic heterocycles. The van der Waals surface area contributed by atoms with Crippen LogP contribution in [-0.2, 0) is 18.4 Å². The number of nitrogens with zero attached hydrogens (tertiary/aromatic N) is 3. The fourth-order valence-electron chi connectivity index (χ4n) is 3.82. The van der Waals surface area contributed by atoms with Crippen LogP contribution in [0.5, 0.6) is 0 Å². The number of nitrogens with two attached hydrogens (primary N) is 1. The molecule has 1 aliphatic carbocycles. The second kappa shape index (κ2) is 8.41. The highest BCUT2D eigenvalue weighted by Gasteiger charge is 2.16. The van der Waals surface area contributed by atoms with Crippen molar-refractivity contribution in [3.8, 4) is 0 Å². The minimum atomic E-state index is -0.411. The van der Waals surface area contributed by atoms with Gasteiger partial charge in [-0.2, -0.15) is 0 Å². The van der Waals surface area contributed by atoms with Gasteiger partial charge < -0.3 is 15.1 Å². The van der Waals surface area contributed by atoms with Gasteiger partial charge >= 0.3 is 0 Å². The summed E-state index contributed by atoms with van der Waals surface area (Å²) in [4.78, 5) is 5.54. The average Bonchev–Trinajstić information content (AvgIpc) is 3.11. The van der Waals surface area contributed by atoms with Crippen molar-refractivity contribution < 1.29 is 13.8 Å². The zero-order valence-electron chi connectivity index (χ0n) is 16.4. The molecule has 152 valence electrons. The van der Waals surface area contributed by atoms with Crippen molar-refractivity contribution in [2.75, 3.05) is 0 Å². The SMILES string of the molecule is C[n+]1ccc2c(ccn2Cc2c(F)cc(C(N)=NOC3CCCCC3)cc2Cl)c1. The third-order valence-corrected chi connectivity index (χ3v) is 5.80. The second-order valence-electron chi connectivity index (χ2n) is 7.65. The Balaban J connectivity index is 1.54. The number of amidine groups is 1. The molecule has 0 spiro atoms. The summed E-state index contributed by atoms with van der Waals surface area (Å²) in [5.74, 6) is -0.270. The molecule has 1 aliphatic rings. The highest BCUT2D eigenvalue weighted by atomic mass is 35.5. The molecule has 0 atom stereocenters. The van der Waals surface area contributed by atoms with Crippen molar-refractivity contribution in [3.63, 3.8) is 0 Å². The van der Waals surface area contributed by atoms with Crippen molar-refractivity contribution >= 4 is 28.3 Å². The van der Waals surface area contributed by atoms with Crippen LogP contribution in [0.1, 0.15) is 43.2 Å². The summed E-state index contributed by atoms with van der Waals surface area (Å²) in [6.07, 6.45) is 11.5. The Morgan fingerprint density at radius 1 is 1.31 bits per heavy atom. The van der Waals surface area contributed by atoms with E-state index in [1.165, 1.54) is 12.5 Å². The molecule has 1 fully saturated rings. The maximum absolute atomic E-state index is 14.9. The quantitative estimate of drug-likeness (QED) is 0.293. The van der Waals surface area contributed by atoms with Gasteiger partial charge in [0.05, 0.1) is 17.4 Å². The number of fused-ring (bicyclic) bond motifs is 1. The molecule has 2 heterocycles. The Kier molecular flexibility index (Phi) is 5.72. The summed E-state index contributed by atoms with van der Waals surface area (Å²) in [6, 6.07) is 7.02. The van der Waals surface area contributed by atoms with Crippen LogP contribution in [0, 0.1) is 5.82 Å². The van der Waals surface area contributed by atoms with Crippen LogP contribution in [0.15, 0.2) is 48.0 Å². The number of aromatic nitrogens is 2. The molecule has 1 saturated carbocycles. The molecule has 3 aromatic rings. The highest BCUT2D eigenvalue weighted by molar-refractivity contribution is 6.31. The summed E-state index contributed by atoms with van der Waals surface area (Å²) >= 11 is 6.41. The minimum Gasteiger partial charge on any atom is -0.391 e. The molecule has 0 radical (unpaired) electrons. The first-order valence-corrected chi connectivity index (χ1v) is 10.3. The van der Waals surface area contributed by atoms with Gasteiger partial charge in [0.2, 0.25) is 0 Å². The number of aryl methyl sites for hydroxylation is 1. The van der Waals surface area contributed by atoms with E-state index in [0.29, 0.717) is 22.7 Å². The lowest BCUT2D eigenvalue weighted by Gasteiger charge is -2.19. The summed E-state index contributed by atoms with van der Waals surface area (Å²) in [5, 5.41) is 5.42. The standard InChI is InChI=1S/C22H25ClFN4O/c1-27-9-8-21-15(13-27)7-10-28(21)14-18-19(23)11-16(12-20(18)24)22(25)26-29-17-5-3-2-4-6-17/h7-13,17H,2-6,14H2,1H3,(H2,25,26)/q+1. The van der Waals surface area contributed by atoms with Gasteiger partial charge in [0, 0.05) is 28.4 Å². The second-order valence-corrected chi connectivity index (χ2v) is 8.06. The molecule has 2 aromatic heterocycles. The monoisotopic (exact) mass is 415 g/mol. The molecule has 0 unspecified atom stereocenters. The summed E-state index contributed by atoms with van der Waals surface area (Å²) < 4.78 is 18.8. The van der Waals surface area contributed by atoms with E-state index in [4.69, 9.17) is 22.2 Å². The van der Waals surface area contributed by atoms with Crippen LogP contribution in [-0.4, -0.2) is 16.5 Å². The number of pyridine rings is 1. The Bertz CT molecular complexity index is 1030. The van der Waals surface area contributed by atoms with Gasteiger partial charge in [0.1, 0.15) is 19.0 Å². The number of halogens is 2. The summed E-state index contributed by atoms with van der Waals surface area (Å²) in [5.41, 5.74) is 7.88. The molecule has 0 bridgehead atoms. The number of rotatable bonds is 5. The van der Waals surface area contributed by atoms with E-state index in [1.807, 2.05) is 46.9 Å². The number of hydrogen-bond acceptors (Lipinski definition) is 2. The largest absolute Gasteiger partial charge is 0.391 e. The maximum Gasteiger partial charge on any atom is 0.177 e. The molecule has 7 heteroatoms. The van der Waals surface area contributed by atoms with Gasteiger partial charge in [0.25, 0.3) is 0 Å². The third kappa shape index (κ3) is 4.37. The van der Waals surface area contributed by atoms with Crippen molar-refractivity contribution in [3.05, 3.63) is 64.8 Å². The van der Waals surface area contributed by atoms with Crippen molar-refractivity contribution in [2.24, 2.45) is 17.9 Å². The molecule has 5 nitrogen and oxygen atoms in total. The summed E-state index contributed by atoms with van der Waals surface area (Å²) in [7, 11) is 1.97. The van der Waals surface area contributed by atoms with Gasteiger partial charge in [-0.25, -0.2) is 8.96 Å². The molecular weight excluding hydrogens is 391 g/mol. The number of benzene rings is 1. The Morgan fingerprint density at radius 2 is 2.10 bits per heavy atom. The number of hydrogen-bond donors (Lipinski definition) is 1. The molecule has 0 saturated heterocycles. The minimum absolute atomic E-state index is 0.0886. The van der Waals surface area contributed by atoms with Crippen LogP contribution in [0.3, 0.4) is 0 Å². The van der Waals surface area contributed by atoms with Gasteiger partial charge in [-0.05, 0) is 43.9 Å². The predicted octanol–water partition coefficient (Wildman–Crippen LogP) is 4.28. The lowest BCUT2D eigenvalue weighted by molar-refractivity contribution is -0.670. The van der Waals surface area contributed by atoms with Crippen LogP contribution in [0.2, 0.25) is 5.02 Å². The van der Waals surface area contributed by atoms with E-state index in [0.717, 1.165) is 36.6 Å². The Labute approximate surface area is 174 Å². The smallest absolute Gasteiger partial charge is 0.177 e. The molecule has 0 amide bonds. The van der Waals surface area contributed by atoms with Gasteiger partial charge in [-0.15, -0.1) is 0 Å². The molecular formula is C22H25ClFN4O+. The van der Waals surface area contributed by atoms with Crippen LogP contribution >= 0.6 is 11.6 Å². The van der Waals surface area contributed by atoms with E-state index >= 15 is 0 Å². The van der Waals surface area contributed by atoms with Crippen LogP contribution in [0.25, 0.3) is 10.9 Å². The zero-order valence-corrected chi connectivity index (χ0v) is 17.2. The molecule has 1 aromatic carbocycles. The first-order valence-electron chi connectivity index (χ1n) is 9.93. The Morgan fingerprint density at radius 3 is 2.86 bits per heavy atom. The predicted molar refractivity (Wildman–Crippen MR) is 112 cm³/mol. The first kappa shape index (κ1) is 19.7. The van der Waals surface area contributed by atoms with E-state index in [1.54, 1.807) is 6.07 Å². The summed E-state index contributed by atoms with van der Waals surface area (Å²) in [6.45, 7) is 0.331. The van der Waals surface area contributed by atoms with E-state index in [2.05, 4.69) is 5.16 Å². The van der Waals surface area contributed by atoms with Crippen molar-refractivity contribution in [1.82, 2.24) is 4.57 Å². The van der Waals surface area contributed by atoms with Crippen molar-refractivity contribution in [1.29, 1.82) is 0 Å². The number of oxime groups is 1. The molecule has 2 N–H and O–H groups in total. The fraction of sp³-hybridized carbons (Fsp3) is 0.364. The van der Waals surface area contributed by atoms with Gasteiger partial charge in [-0.3, -0.25) is 0 Å². The maximum atomic E-state index is 14.9. The normalized spacial score (nSPS) is 15.8. The van der Waals surface area contributed by atoms with Crippen molar-refractivity contribution in [2.45, 2.75) is 44.8 Å². The Hall–Kier alpha value is -2.60. The molecule has 4 rings (SSSR count). The van der Waals surface area contributed by atoms with Crippen LogP contribution in [0.4, 0.5) is 4.39 Å². The zero-order chi connectivity index (χ0) is 20.4. The highest BCUT2D eigenvalue weighted by Crippen LogP contribution is 2.25. The molecule has 29 heavy (non-hydrogen) atoms. The first-order chi connectivity index (χ1) is 14.0. The fourth-order valence-corrected chi connectivity index (χ4v) is 4.09. The van der Waals surface area contributed by atoms with Gasteiger partial charge in [-0.1, -0.05) is 23.2 Å². The van der Waals surface area contributed by atoms with Crippen LogP contribution < -0.4 is 10.3 Å².